The lowest BCUT2D eigenvalue weighted by Crippen LogP contribution is -2.32. The van der Waals surface area contributed by atoms with Crippen molar-refractivity contribution in [1.29, 1.82) is 0 Å². The molecular formula is C7H12N2O3. The fourth-order valence-corrected chi connectivity index (χ4v) is 1.16. The second kappa shape index (κ2) is 4.06. The third-order valence-electron chi connectivity index (χ3n) is 1.76. The van der Waals surface area contributed by atoms with E-state index < -0.39 is 5.97 Å². The Morgan fingerprint density at radius 1 is 1.58 bits per heavy atom. The monoisotopic (exact) mass is 172 g/mol. The molecule has 1 aliphatic heterocycles. The van der Waals surface area contributed by atoms with E-state index in [9.17, 15) is 9.59 Å². The fraction of sp³-hybridized carbons (Fsp3) is 0.714. The average Bonchev–Trinajstić information content (AvgIpc) is 2.15. The number of carbonyl (C=O) groups is 2. The van der Waals surface area contributed by atoms with Crippen molar-refractivity contribution in [3.8, 4) is 0 Å². The van der Waals surface area contributed by atoms with Crippen molar-refractivity contribution in [2.45, 2.75) is 6.42 Å². The molecule has 2 N–H and O–H groups in total. The summed E-state index contributed by atoms with van der Waals surface area (Å²) in [6.07, 6.45) is 0.396. The van der Waals surface area contributed by atoms with Crippen LogP contribution in [0.25, 0.3) is 0 Å². The first-order chi connectivity index (χ1) is 5.68. The Morgan fingerprint density at radius 2 is 2.33 bits per heavy atom. The molecule has 0 aliphatic carbocycles. The van der Waals surface area contributed by atoms with Gasteiger partial charge in [0.25, 0.3) is 0 Å². The molecule has 0 radical (unpaired) electrons. The highest BCUT2D eigenvalue weighted by atomic mass is 16.4. The highest BCUT2D eigenvalue weighted by Gasteiger charge is 2.14. The van der Waals surface area contributed by atoms with Crippen LogP contribution in [0.4, 0.5) is 0 Å². The minimum Gasteiger partial charge on any atom is -0.480 e. The lowest BCUT2D eigenvalue weighted by atomic mass is 10.4. The molecule has 5 nitrogen and oxygen atoms in total. The Labute approximate surface area is 70.4 Å². The normalized spacial score (nSPS) is 19.8. The summed E-state index contributed by atoms with van der Waals surface area (Å²) in [4.78, 5) is 22.9. The molecule has 68 valence electrons. The first-order valence-corrected chi connectivity index (χ1v) is 3.89. The number of nitrogens with zero attached hydrogens (tertiary/aromatic N) is 1. The van der Waals surface area contributed by atoms with E-state index in [0.29, 0.717) is 26.1 Å². The second-order valence-corrected chi connectivity index (χ2v) is 2.77. The Bertz CT molecular complexity index is 193. The number of carboxylic acid groups (broad SMARTS) is 1. The quantitative estimate of drug-likeness (QED) is 0.554. The van der Waals surface area contributed by atoms with Gasteiger partial charge in [-0.05, 0) is 0 Å². The molecule has 1 rings (SSSR count). The number of hydrogen-bond donors (Lipinski definition) is 2. The molecule has 0 saturated carbocycles. The summed E-state index contributed by atoms with van der Waals surface area (Å²) in [5.74, 6) is -0.841. The van der Waals surface area contributed by atoms with Crippen molar-refractivity contribution < 1.29 is 14.7 Å². The molecule has 1 aliphatic rings. The Kier molecular flexibility index (Phi) is 3.04. The molecular weight excluding hydrogens is 160 g/mol. The summed E-state index contributed by atoms with van der Waals surface area (Å²) in [5.41, 5.74) is 0. The van der Waals surface area contributed by atoms with E-state index in [4.69, 9.17) is 5.11 Å². The predicted molar refractivity (Wildman–Crippen MR) is 41.7 cm³/mol. The molecule has 1 amide bonds. The molecule has 12 heavy (non-hydrogen) atoms. The van der Waals surface area contributed by atoms with E-state index in [2.05, 4.69) is 5.32 Å². The maximum absolute atomic E-state index is 10.8. The van der Waals surface area contributed by atoms with Crippen LogP contribution in [0.3, 0.4) is 0 Å². The predicted octanol–water partition coefficient (Wildman–Crippen LogP) is -1.11. The van der Waals surface area contributed by atoms with E-state index in [1.165, 1.54) is 0 Å². The topological polar surface area (TPSA) is 69.6 Å². The Balaban J connectivity index is 2.35. The highest BCUT2D eigenvalue weighted by Crippen LogP contribution is 1.95. The van der Waals surface area contributed by atoms with E-state index in [1.807, 2.05) is 0 Å². The van der Waals surface area contributed by atoms with Gasteiger partial charge in [-0.25, -0.2) is 0 Å². The number of rotatable bonds is 2. The number of hydrogen-bond acceptors (Lipinski definition) is 3. The van der Waals surface area contributed by atoms with Gasteiger partial charge in [-0.15, -0.1) is 0 Å². The summed E-state index contributed by atoms with van der Waals surface area (Å²) >= 11 is 0. The Morgan fingerprint density at radius 3 is 3.00 bits per heavy atom. The van der Waals surface area contributed by atoms with Crippen molar-refractivity contribution in [2.24, 2.45) is 0 Å². The van der Waals surface area contributed by atoms with Crippen LogP contribution < -0.4 is 5.32 Å². The van der Waals surface area contributed by atoms with Crippen LogP contribution in [-0.4, -0.2) is 48.1 Å². The van der Waals surface area contributed by atoms with Gasteiger partial charge < -0.3 is 10.4 Å². The van der Waals surface area contributed by atoms with Crippen LogP contribution in [0, 0.1) is 0 Å². The SMILES string of the molecule is O=C(O)CN1CCNC(=O)CC1. The summed E-state index contributed by atoms with van der Waals surface area (Å²) in [5, 5.41) is 11.2. The molecule has 0 unspecified atom stereocenters. The molecule has 0 aromatic carbocycles. The largest absolute Gasteiger partial charge is 0.480 e. The molecule has 5 heteroatoms. The van der Waals surface area contributed by atoms with Crippen LogP contribution in [0.1, 0.15) is 6.42 Å². The molecule has 0 aromatic heterocycles. The van der Waals surface area contributed by atoms with Crippen LogP contribution in [-0.2, 0) is 9.59 Å². The molecule has 0 spiro atoms. The van der Waals surface area contributed by atoms with Crippen molar-refractivity contribution in [1.82, 2.24) is 10.2 Å². The van der Waals surface area contributed by atoms with Gasteiger partial charge >= 0.3 is 5.97 Å². The van der Waals surface area contributed by atoms with Gasteiger partial charge in [0.05, 0.1) is 6.54 Å². The van der Waals surface area contributed by atoms with Crippen molar-refractivity contribution >= 4 is 11.9 Å². The van der Waals surface area contributed by atoms with Crippen molar-refractivity contribution in [2.75, 3.05) is 26.2 Å². The highest BCUT2D eigenvalue weighted by molar-refractivity contribution is 5.76. The lowest BCUT2D eigenvalue weighted by molar-refractivity contribution is -0.138. The minimum absolute atomic E-state index is 0.00267. The Hall–Kier alpha value is -1.10. The lowest BCUT2D eigenvalue weighted by Gasteiger charge is -2.15. The van der Waals surface area contributed by atoms with Crippen LogP contribution in [0.2, 0.25) is 0 Å². The maximum atomic E-state index is 10.8. The van der Waals surface area contributed by atoms with Crippen molar-refractivity contribution in [3.05, 3.63) is 0 Å². The summed E-state index contributed by atoms with van der Waals surface area (Å²) in [6, 6.07) is 0. The molecule has 0 atom stereocenters. The van der Waals surface area contributed by atoms with Gasteiger partial charge in [-0.2, -0.15) is 0 Å². The number of amides is 1. The summed E-state index contributed by atoms with van der Waals surface area (Å²) < 4.78 is 0. The van der Waals surface area contributed by atoms with E-state index in [0.717, 1.165) is 0 Å². The third-order valence-corrected chi connectivity index (χ3v) is 1.76. The standard InChI is InChI=1S/C7H12N2O3/c10-6-1-3-9(4-2-8-6)5-7(11)12/h1-5H2,(H,8,10)(H,11,12). The zero-order chi connectivity index (χ0) is 8.97. The van der Waals surface area contributed by atoms with Crippen LogP contribution in [0.5, 0.6) is 0 Å². The van der Waals surface area contributed by atoms with Crippen LogP contribution >= 0.6 is 0 Å². The van der Waals surface area contributed by atoms with E-state index in [1.54, 1.807) is 4.90 Å². The van der Waals surface area contributed by atoms with Gasteiger partial charge in [0, 0.05) is 26.1 Å². The van der Waals surface area contributed by atoms with E-state index in [-0.39, 0.29) is 12.5 Å². The number of carboxylic acids is 1. The van der Waals surface area contributed by atoms with Crippen LogP contribution in [0.15, 0.2) is 0 Å². The van der Waals surface area contributed by atoms with Gasteiger partial charge in [-0.3, -0.25) is 14.5 Å². The molecule has 1 saturated heterocycles. The van der Waals surface area contributed by atoms with Gasteiger partial charge in [0.1, 0.15) is 0 Å². The summed E-state index contributed by atoms with van der Waals surface area (Å²) in [7, 11) is 0. The fourth-order valence-electron chi connectivity index (χ4n) is 1.16. The zero-order valence-corrected chi connectivity index (χ0v) is 6.75. The maximum Gasteiger partial charge on any atom is 0.317 e. The first kappa shape index (κ1) is 8.99. The first-order valence-electron chi connectivity index (χ1n) is 3.89. The smallest absolute Gasteiger partial charge is 0.317 e. The average molecular weight is 172 g/mol. The molecule has 0 aromatic rings. The molecule has 1 heterocycles. The minimum atomic E-state index is -0.843. The summed E-state index contributed by atoms with van der Waals surface area (Å²) in [6.45, 7) is 1.73. The van der Waals surface area contributed by atoms with E-state index >= 15 is 0 Å². The number of carbonyl (C=O) groups excluding carboxylic acids is 1. The van der Waals surface area contributed by atoms with Crippen molar-refractivity contribution in [3.63, 3.8) is 0 Å². The number of nitrogens with one attached hydrogen (secondary N) is 1. The zero-order valence-electron chi connectivity index (χ0n) is 6.75. The second-order valence-electron chi connectivity index (χ2n) is 2.77. The van der Waals surface area contributed by atoms with Gasteiger partial charge in [-0.1, -0.05) is 0 Å². The third kappa shape index (κ3) is 2.87. The number of aliphatic carboxylic acids is 1. The molecule has 1 fully saturated rings. The molecule has 0 bridgehead atoms. The van der Waals surface area contributed by atoms with Gasteiger partial charge in [0.15, 0.2) is 0 Å². The van der Waals surface area contributed by atoms with Gasteiger partial charge in [0.2, 0.25) is 5.91 Å².